The van der Waals surface area contributed by atoms with E-state index in [0.29, 0.717) is 11.7 Å². The minimum Gasteiger partial charge on any atom is -0.483 e. The normalized spacial score (nSPS) is 12.0. The van der Waals surface area contributed by atoms with Crippen molar-refractivity contribution >= 4 is 21.8 Å². The van der Waals surface area contributed by atoms with Crippen LogP contribution in [0.25, 0.3) is 0 Å². The Balaban J connectivity index is 1.97. The Kier molecular flexibility index (Phi) is 7.51. The van der Waals surface area contributed by atoms with Gasteiger partial charge in [0.25, 0.3) is 5.91 Å². The van der Waals surface area contributed by atoms with Crippen LogP contribution in [0.2, 0.25) is 0 Å². The Morgan fingerprint density at radius 3 is 2.48 bits per heavy atom. The molecule has 0 unspecified atom stereocenters. The first-order chi connectivity index (χ1) is 12.0. The third kappa shape index (κ3) is 6.20. The molecule has 0 saturated heterocycles. The number of ether oxygens (including phenoxy) is 1. The minimum atomic E-state index is -0.110. The number of carbonyl (C=O) groups excluding carboxylic acids is 1. The van der Waals surface area contributed by atoms with Crippen LogP contribution in [0.4, 0.5) is 0 Å². The van der Waals surface area contributed by atoms with Crippen molar-refractivity contribution < 1.29 is 9.53 Å². The zero-order valence-corrected chi connectivity index (χ0v) is 16.7. The lowest BCUT2D eigenvalue weighted by molar-refractivity contribution is -0.124. The fraction of sp³-hybridized carbons (Fsp3) is 0.381. The molecule has 134 valence electrons. The van der Waals surface area contributed by atoms with Gasteiger partial charge < -0.3 is 10.1 Å². The molecule has 1 N–H and O–H groups in total. The molecule has 25 heavy (non-hydrogen) atoms. The van der Waals surface area contributed by atoms with Crippen molar-refractivity contribution in [1.82, 2.24) is 5.32 Å². The standard InChI is InChI=1S/C21H26BrNO2/c1-4-16-10-11-20(18(22)13-16)25-14-21(24)23-19(12-15(2)3)17-8-6-5-7-9-17/h5-11,13,15,19H,4,12,14H2,1-3H3,(H,23,24)/t19-/m1/s1. The van der Waals surface area contributed by atoms with Crippen LogP contribution >= 0.6 is 15.9 Å². The van der Waals surface area contributed by atoms with Crippen molar-refractivity contribution in [1.29, 1.82) is 0 Å². The van der Waals surface area contributed by atoms with Crippen molar-refractivity contribution in [3.63, 3.8) is 0 Å². The molecular weight excluding hydrogens is 378 g/mol. The lowest BCUT2D eigenvalue weighted by Crippen LogP contribution is -2.33. The minimum absolute atomic E-state index is 0.00297. The number of aryl methyl sites for hydroxylation is 1. The molecule has 0 bridgehead atoms. The Labute approximate surface area is 158 Å². The van der Waals surface area contributed by atoms with Gasteiger partial charge >= 0.3 is 0 Å². The van der Waals surface area contributed by atoms with Crippen LogP contribution in [0.5, 0.6) is 5.75 Å². The molecule has 0 heterocycles. The second-order valence-electron chi connectivity index (χ2n) is 6.57. The highest BCUT2D eigenvalue weighted by molar-refractivity contribution is 9.10. The maximum atomic E-state index is 12.4. The molecule has 0 aliphatic rings. The second-order valence-corrected chi connectivity index (χ2v) is 7.42. The van der Waals surface area contributed by atoms with Crippen LogP contribution in [0, 0.1) is 5.92 Å². The quantitative estimate of drug-likeness (QED) is 0.649. The van der Waals surface area contributed by atoms with Crippen LogP contribution in [0.1, 0.15) is 44.4 Å². The maximum absolute atomic E-state index is 12.4. The molecule has 3 nitrogen and oxygen atoms in total. The van der Waals surface area contributed by atoms with Crippen LogP contribution in [0.15, 0.2) is 53.0 Å². The van der Waals surface area contributed by atoms with E-state index in [1.54, 1.807) is 0 Å². The van der Waals surface area contributed by atoms with Crippen molar-refractivity contribution in [2.75, 3.05) is 6.61 Å². The van der Waals surface area contributed by atoms with Gasteiger partial charge in [-0.3, -0.25) is 4.79 Å². The van der Waals surface area contributed by atoms with Gasteiger partial charge in [-0.05, 0) is 57.9 Å². The number of benzene rings is 2. The predicted molar refractivity (Wildman–Crippen MR) is 106 cm³/mol. The van der Waals surface area contributed by atoms with Crippen LogP contribution in [-0.2, 0) is 11.2 Å². The monoisotopic (exact) mass is 403 g/mol. The third-order valence-electron chi connectivity index (χ3n) is 4.01. The SMILES string of the molecule is CCc1ccc(OCC(=O)N[C@H](CC(C)C)c2ccccc2)c(Br)c1. The van der Waals surface area contributed by atoms with E-state index in [1.165, 1.54) is 5.56 Å². The van der Waals surface area contributed by atoms with Crippen LogP contribution < -0.4 is 10.1 Å². The van der Waals surface area contributed by atoms with Gasteiger partial charge in [0.15, 0.2) is 6.61 Å². The van der Waals surface area contributed by atoms with Crippen molar-refractivity contribution in [3.8, 4) is 5.75 Å². The van der Waals surface area contributed by atoms with E-state index in [4.69, 9.17) is 4.74 Å². The molecule has 0 aliphatic heterocycles. The fourth-order valence-electron chi connectivity index (χ4n) is 2.70. The number of rotatable bonds is 8. The summed E-state index contributed by atoms with van der Waals surface area (Å²) < 4.78 is 6.56. The summed E-state index contributed by atoms with van der Waals surface area (Å²) in [6.07, 6.45) is 1.86. The summed E-state index contributed by atoms with van der Waals surface area (Å²) in [7, 11) is 0. The maximum Gasteiger partial charge on any atom is 0.258 e. The zero-order chi connectivity index (χ0) is 18.2. The van der Waals surface area contributed by atoms with E-state index in [2.05, 4.69) is 42.0 Å². The van der Waals surface area contributed by atoms with E-state index in [1.807, 2.05) is 48.5 Å². The Morgan fingerprint density at radius 1 is 1.16 bits per heavy atom. The van der Waals surface area contributed by atoms with Gasteiger partial charge in [0, 0.05) is 0 Å². The van der Waals surface area contributed by atoms with E-state index >= 15 is 0 Å². The molecule has 2 aromatic carbocycles. The molecule has 1 amide bonds. The average molecular weight is 404 g/mol. The van der Waals surface area contributed by atoms with Crippen LogP contribution in [0.3, 0.4) is 0 Å². The molecule has 2 rings (SSSR count). The zero-order valence-electron chi connectivity index (χ0n) is 15.1. The Hall–Kier alpha value is -1.81. The van der Waals surface area contributed by atoms with Crippen molar-refractivity contribution in [3.05, 3.63) is 64.1 Å². The van der Waals surface area contributed by atoms with E-state index in [-0.39, 0.29) is 18.6 Å². The van der Waals surface area contributed by atoms with Crippen molar-refractivity contribution in [2.45, 2.75) is 39.7 Å². The Morgan fingerprint density at radius 2 is 1.88 bits per heavy atom. The molecule has 0 fully saturated rings. The van der Waals surface area contributed by atoms with Gasteiger partial charge in [-0.2, -0.15) is 0 Å². The summed E-state index contributed by atoms with van der Waals surface area (Å²) in [5, 5.41) is 3.10. The summed E-state index contributed by atoms with van der Waals surface area (Å²) in [5.41, 5.74) is 2.35. The lowest BCUT2D eigenvalue weighted by Gasteiger charge is -2.21. The van der Waals surface area contributed by atoms with Gasteiger partial charge in [-0.15, -0.1) is 0 Å². The predicted octanol–water partition coefficient (Wildman–Crippen LogP) is 5.29. The van der Waals surface area contributed by atoms with Gasteiger partial charge in [0.1, 0.15) is 5.75 Å². The highest BCUT2D eigenvalue weighted by atomic mass is 79.9. The molecule has 0 aliphatic carbocycles. The number of hydrogen-bond acceptors (Lipinski definition) is 2. The van der Waals surface area contributed by atoms with Gasteiger partial charge in [-0.25, -0.2) is 0 Å². The van der Waals surface area contributed by atoms with Crippen LogP contribution in [-0.4, -0.2) is 12.5 Å². The highest BCUT2D eigenvalue weighted by Gasteiger charge is 2.16. The van der Waals surface area contributed by atoms with E-state index in [9.17, 15) is 4.79 Å². The first-order valence-corrected chi connectivity index (χ1v) is 9.54. The Bertz CT molecular complexity index is 686. The van der Waals surface area contributed by atoms with E-state index in [0.717, 1.165) is 22.9 Å². The lowest BCUT2D eigenvalue weighted by atomic mass is 9.97. The molecular formula is C21H26BrNO2. The molecule has 0 radical (unpaired) electrons. The molecule has 2 aromatic rings. The fourth-order valence-corrected chi connectivity index (χ4v) is 3.24. The number of amides is 1. The second kappa shape index (κ2) is 9.62. The van der Waals surface area contributed by atoms with Gasteiger partial charge in [-0.1, -0.05) is 57.2 Å². The topological polar surface area (TPSA) is 38.3 Å². The first-order valence-electron chi connectivity index (χ1n) is 8.75. The molecule has 0 spiro atoms. The van der Waals surface area contributed by atoms with E-state index < -0.39 is 0 Å². The summed E-state index contributed by atoms with van der Waals surface area (Å²) in [6, 6.07) is 16.0. The summed E-state index contributed by atoms with van der Waals surface area (Å²) in [4.78, 5) is 12.4. The number of carbonyl (C=O) groups is 1. The molecule has 0 saturated carbocycles. The number of halogens is 1. The number of hydrogen-bond donors (Lipinski definition) is 1. The molecule has 0 aromatic heterocycles. The van der Waals surface area contributed by atoms with Crippen molar-refractivity contribution in [2.24, 2.45) is 5.92 Å². The van der Waals surface area contributed by atoms with Gasteiger partial charge in [0.05, 0.1) is 10.5 Å². The van der Waals surface area contributed by atoms with Gasteiger partial charge in [0.2, 0.25) is 0 Å². The summed E-state index contributed by atoms with van der Waals surface area (Å²) in [6.45, 7) is 6.43. The molecule has 1 atom stereocenters. The third-order valence-corrected chi connectivity index (χ3v) is 4.63. The molecule has 4 heteroatoms. The highest BCUT2D eigenvalue weighted by Crippen LogP contribution is 2.26. The average Bonchev–Trinajstić information content (AvgIpc) is 2.60. The smallest absolute Gasteiger partial charge is 0.258 e. The summed E-state index contributed by atoms with van der Waals surface area (Å²) >= 11 is 3.50. The number of nitrogens with one attached hydrogen (secondary N) is 1. The summed E-state index contributed by atoms with van der Waals surface area (Å²) in [5.74, 6) is 1.07. The largest absolute Gasteiger partial charge is 0.483 e. The first kappa shape index (κ1) is 19.5.